The molecule has 0 aliphatic carbocycles. The van der Waals surface area contributed by atoms with Crippen molar-refractivity contribution in [3.63, 3.8) is 0 Å². The van der Waals surface area contributed by atoms with Crippen LogP contribution in [0, 0.1) is 13.8 Å². The van der Waals surface area contributed by atoms with Crippen LogP contribution in [0.3, 0.4) is 0 Å². The molecule has 0 fully saturated rings. The second-order valence-electron chi connectivity index (χ2n) is 23.1. The molecular formula is C80H70O4S8. The molecule has 8 aromatic heterocycles. The molecule has 92 heavy (non-hydrogen) atoms. The molecule has 0 bridgehead atoms. The molecule has 4 nitrogen and oxygen atoms in total. The van der Waals surface area contributed by atoms with Crippen molar-refractivity contribution in [2.75, 3.05) is 26.4 Å². The molecule has 0 saturated heterocycles. The van der Waals surface area contributed by atoms with Gasteiger partial charge in [-0.2, -0.15) is 0 Å². The summed E-state index contributed by atoms with van der Waals surface area (Å²) in [4.78, 5) is 21.6. The zero-order valence-corrected chi connectivity index (χ0v) is 58.5. The molecule has 0 spiro atoms. The number of unbranched alkanes of at least 4 members (excludes halogenated alkanes) is 2. The van der Waals surface area contributed by atoms with E-state index in [1.165, 1.54) is 113 Å². The number of aryl methyl sites for hydroxylation is 4. The molecule has 0 N–H and O–H groups in total. The van der Waals surface area contributed by atoms with Gasteiger partial charge in [-0.3, -0.25) is 0 Å². The van der Waals surface area contributed by atoms with E-state index in [1.54, 1.807) is 0 Å². The van der Waals surface area contributed by atoms with E-state index in [4.69, 9.17) is 18.9 Å². The summed E-state index contributed by atoms with van der Waals surface area (Å²) in [5.74, 6) is 3.46. The van der Waals surface area contributed by atoms with Crippen LogP contribution >= 0.6 is 90.7 Å². The van der Waals surface area contributed by atoms with Crippen LogP contribution in [0.25, 0.3) is 112 Å². The maximum absolute atomic E-state index is 6.78. The third-order valence-electron chi connectivity index (χ3n) is 16.4. The minimum absolute atomic E-state index is 0.561. The van der Waals surface area contributed by atoms with Crippen molar-refractivity contribution in [1.82, 2.24) is 0 Å². The van der Waals surface area contributed by atoms with Crippen molar-refractivity contribution in [1.29, 1.82) is 0 Å². The minimum Gasteiger partial charge on any atom is -0.494 e. The predicted molar refractivity (Wildman–Crippen MR) is 404 cm³/mol. The Bertz CT molecular complexity index is 4480. The molecule has 0 saturated carbocycles. The Morgan fingerprint density at radius 3 is 1.02 bits per heavy atom. The Kier molecular flexibility index (Phi) is 19.5. The van der Waals surface area contributed by atoms with E-state index >= 15 is 0 Å². The molecule has 14 rings (SSSR count). The van der Waals surface area contributed by atoms with Crippen molar-refractivity contribution in [3.8, 4) is 114 Å². The lowest BCUT2D eigenvalue weighted by Crippen LogP contribution is -2.05. The van der Waals surface area contributed by atoms with E-state index in [-0.39, 0.29) is 0 Å². The molecule has 14 aromatic rings. The summed E-state index contributed by atoms with van der Waals surface area (Å²) in [6, 6.07) is 75.1. The van der Waals surface area contributed by atoms with Crippen molar-refractivity contribution in [3.05, 3.63) is 227 Å². The summed E-state index contributed by atoms with van der Waals surface area (Å²) in [6.45, 7) is 11.3. The van der Waals surface area contributed by atoms with Gasteiger partial charge in [-0.05, 0) is 242 Å². The van der Waals surface area contributed by atoms with Gasteiger partial charge in [0.15, 0.2) is 0 Å². The monoisotopic (exact) mass is 1350 g/mol. The average Bonchev–Trinajstić information content (AvgIpc) is 1.21. The lowest BCUT2D eigenvalue weighted by Gasteiger charge is -2.20. The van der Waals surface area contributed by atoms with Gasteiger partial charge in [-0.25, -0.2) is 0 Å². The second kappa shape index (κ2) is 28.9. The highest BCUT2D eigenvalue weighted by Gasteiger charge is 2.21. The highest BCUT2D eigenvalue weighted by molar-refractivity contribution is 7.30. The Balaban J connectivity index is 0.564. The lowest BCUT2D eigenvalue weighted by atomic mass is 9.92. The molecular weight excluding hydrogens is 1280 g/mol. The van der Waals surface area contributed by atoms with Crippen LogP contribution in [-0.2, 0) is 12.8 Å². The van der Waals surface area contributed by atoms with E-state index in [2.05, 4.69) is 234 Å². The second-order valence-corrected chi connectivity index (χ2v) is 31.9. The van der Waals surface area contributed by atoms with Gasteiger partial charge in [0.25, 0.3) is 0 Å². The minimum atomic E-state index is 0.561. The summed E-state index contributed by atoms with van der Waals surface area (Å²) in [5.41, 5.74) is 7.15. The van der Waals surface area contributed by atoms with Gasteiger partial charge in [0, 0.05) is 89.2 Å². The molecule has 8 heterocycles. The number of rotatable bonds is 27. The highest BCUT2D eigenvalue weighted by Crippen LogP contribution is 2.50. The molecule has 0 unspecified atom stereocenters. The fourth-order valence-electron chi connectivity index (χ4n) is 11.8. The SMILES string of the molecule is CCCc1ccc(-c2ccc(-c3ccc(-c4sc(-c5ccc(OCCCCOc6ccc7ccccc7c6-c6c(OCCCCOc7ccc(-c8cc(C)c(-c9ccc(-c%10ccc(-c%11ccc(CCC)s%11)s%10)s9)s8)cc7)ccc7ccccc67)cc5)cc4C)s3)s2)s1. The van der Waals surface area contributed by atoms with Gasteiger partial charge in [0.1, 0.15) is 23.0 Å². The van der Waals surface area contributed by atoms with Crippen LogP contribution in [0.1, 0.15) is 73.3 Å². The van der Waals surface area contributed by atoms with Crippen LogP contribution in [0.5, 0.6) is 23.0 Å². The van der Waals surface area contributed by atoms with Crippen LogP contribution < -0.4 is 18.9 Å². The summed E-state index contributed by atoms with van der Waals surface area (Å²) >= 11 is 15.2. The Morgan fingerprint density at radius 2 is 0.630 bits per heavy atom. The molecule has 462 valence electrons. The first-order chi connectivity index (χ1) is 45.3. The standard InChI is InChI=1S/C80H70O4S8/c1-5-15-59-31-35-65(85-59)67-37-39-69(87-67)71-41-43-73(89-71)79-51(3)49-75(91-79)55-21-27-57(28-22-55)81-45-11-13-47-83-63-33-25-53-17-7-9-19-61(53)77(63)78-62-20-10-8-18-54(62)26-34-64(78)84-48-14-12-46-82-58-29-23-56(24-30-58)76-50-52(4)80(92-76)74-44-42-72(90-74)70-40-38-68(88-70)66-36-32-60(86-66)16-6-2/h7-10,17-44,49-50H,5-6,11-16,45-48H2,1-4H3. The van der Waals surface area contributed by atoms with Gasteiger partial charge in [0.2, 0.25) is 0 Å². The Morgan fingerprint density at radius 1 is 0.293 bits per heavy atom. The topological polar surface area (TPSA) is 36.9 Å². The van der Waals surface area contributed by atoms with Gasteiger partial charge >= 0.3 is 0 Å². The zero-order chi connectivity index (χ0) is 62.3. The number of fused-ring (bicyclic) bond motifs is 2. The van der Waals surface area contributed by atoms with E-state index in [9.17, 15) is 0 Å². The quantitative estimate of drug-likeness (QED) is 0.0481. The molecule has 12 heteroatoms. The van der Waals surface area contributed by atoms with Gasteiger partial charge < -0.3 is 18.9 Å². The fourth-order valence-corrected chi connectivity index (χ4v) is 21.1. The van der Waals surface area contributed by atoms with Gasteiger partial charge in [-0.1, -0.05) is 87.4 Å². The largest absolute Gasteiger partial charge is 0.494 e. The fraction of sp³-hybridized carbons (Fsp3) is 0.200. The van der Waals surface area contributed by atoms with Crippen molar-refractivity contribution < 1.29 is 18.9 Å². The van der Waals surface area contributed by atoms with Crippen molar-refractivity contribution in [2.45, 2.75) is 79.1 Å². The van der Waals surface area contributed by atoms with Crippen LogP contribution in [0.2, 0.25) is 0 Å². The summed E-state index contributed by atoms with van der Waals surface area (Å²) in [7, 11) is 0. The summed E-state index contributed by atoms with van der Waals surface area (Å²) < 4.78 is 26.2. The Labute approximate surface area is 572 Å². The third-order valence-corrected chi connectivity index (χ3v) is 26.8. The van der Waals surface area contributed by atoms with E-state index in [1.807, 2.05) is 90.7 Å². The summed E-state index contributed by atoms with van der Waals surface area (Å²) in [6.07, 6.45) is 8.09. The third kappa shape index (κ3) is 14.0. The first-order valence-corrected chi connectivity index (χ1v) is 38.4. The predicted octanol–water partition coefficient (Wildman–Crippen LogP) is 26.5. The average molecular weight is 1350 g/mol. The first-order valence-electron chi connectivity index (χ1n) is 31.8. The number of hydrogen-bond acceptors (Lipinski definition) is 12. The lowest BCUT2D eigenvalue weighted by molar-refractivity contribution is 0.265. The highest BCUT2D eigenvalue weighted by atomic mass is 32.1. The van der Waals surface area contributed by atoms with Gasteiger partial charge in [0.05, 0.1) is 26.4 Å². The van der Waals surface area contributed by atoms with Gasteiger partial charge in [-0.15, -0.1) is 90.7 Å². The molecule has 0 aliphatic heterocycles. The van der Waals surface area contributed by atoms with Crippen LogP contribution in [-0.4, -0.2) is 26.4 Å². The number of hydrogen-bond donors (Lipinski definition) is 0. The molecule has 0 aliphatic rings. The van der Waals surface area contributed by atoms with Crippen LogP contribution in [0.4, 0.5) is 0 Å². The smallest absolute Gasteiger partial charge is 0.127 e. The van der Waals surface area contributed by atoms with Crippen LogP contribution in [0.15, 0.2) is 206 Å². The van der Waals surface area contributed by atoms with E-state index < -0.39 is 0 Å². The molecule has 0 atom stereocenters. The van der Waals surface area contributed by atoms with E-state index in [0.717, 1.165) is 94.2 Å². The maximum Gasteiger partial charge on any atom is 0.127 e. The summed E-state index contributed by atoms with van der Waals surface area (Å²) in [5, 5.41) is 4.58. The first kappa shape index (κ1) is 62.1. The van der Waals surface area contributed by atoms with Crippen molar-refractivity contribution in [2.24, 2.45) is 0 Å². The normalized spacial score (nSPS) is 11.6. The van der Waals surface area contributed by atoms with E-state index in [0.29, 0.717) is 26.4 Å². The zero-order valence-electron chi connectivity index (χ0n) is 52.0. The number of thiophene rings is 8. The molecule has 6 aromatic carbocycles. The Hall–Kier alpha value is -7.36. The molecule has 0 amide bonds. The number of ether oxygens (including phenoxy) is 4. The molecule has 0 radical (unpaired) electrons. The maximum atomic E-state index is 6.78. The number of benzene rings is 6. The van der Waals surface area contributed by atoms with Crippen molar-refractivity contribution >= 4 is 112 Å².